The van der Waals surface area contributed by atoms with Crippen LogP contribution in [0.1, 0.15) is 59.3 Å². The molecule has 0 atom stereocenters. The molecule has 0 aliphatic carbocycles. The van der Waals surface area contributed by atoms with E-state index < -0.39 is 18.4 Å². The topological polar surface area (TPSA) is 17.8 Å². The van der Waals surface area contributed by atoms with Gasteiger partial charge in [-0.05, 0) is 0 Å². The van der Waals surface area contributed by atoms with Gasteiger partial charge in [0.2, 0.25) is 0 Å². The Balaban J connectivity index is 2.51. The molecule has 2 nitrogen and oxygen atoms in total. The summed E-state index contributed by atoms with van der Waals surface area (Å²) in [6.07, 6.45) is 7.93. The molecular weight excluding hydrogens is 410 g/mol. The average molecular weight is 442 g/mol. The molecule has 1 aromatic heterocycles. The second kappa shape index (κ2) is 9.31. The first-order valence-corrected chi connectivity index (χ1v) is 17.1. The Morgan fingerprint density at radius 3 is 1.96 bits per heavy atom. The van der Waals surface area contributed by atoms with E-state index in [1.807, 2.05) is 0 Å². The van der Waals surface area contributed by atoms with Crippen LogP contribution < -0.4 is 3.71 Å². The maximum atomic E-state index is 6.43. The fourth-order valence-electron chi connectivity index (χ4n) is 3.70. The molecule has 0 radical (unpaired) electrons. The zero-order valence-electron chi connectivity index (χ0n) is 14.9. The van der Waals surface area contributed by atoms with Crippen LogP contribution in [0.4, 0.5) is 0 Å². The summed E-state index contributed by atoms with van der Waals surface area (Å²) in [5, 5.41) is 6.23. The van der Waals surface area contributed by atoms with E-state index in [0.717, 1.165) is 5.52 Å². The van der Waals surface area contributed by atoms with Crippen molar-refractivity contribution < 1.29 is 0 Å². The molecule has 0 aliphatic rings. The Labute approximate surface area is 150 Å². The Bertz CT molecular complexity index is 587. The van der Waals surface area contributed by atoms with E-state index in [2.05, 4.69) is 45.0 Å². The molecule has 2 aromatic rings. The molecule has 0 unspecified atom stereocenters. The van der Waals surface area contributed by atoms with Gasteiger partial charge in [-0.3, -0.25) is 0 Å². The van der Waals surface area contributed by atoms with Crippen molar-refractivity contribution in [3.8, 4) is 0 Å². The Morgan fingerprint density at radius 1 is 0.913 bits per heavy atom. The molecule has 2 rings (SSSR count). The van der Waals surface area contributed by atoms with E-state index in [1.165, 1.54) is 60.9 Å². The summed E-state index contributed by atoms with van der Waals surface area (Å²) in [6.45, 7) is 6.94. The van der Waals surface area contributed by atoms with Crippen LogP contribution in [0.2, 0.25) is 13.3 Å². The van der Waals surface area contributed by atoms with Crippen LogP contribution in [0.3, 0.4) is 0 Å². The van der Waals surface area contributed by atoms with E-state index >= 15 is 0 Å². The van der Waals surface area contributed by atoms with E-state index in [4.69, 9.17) is 16.9 Å². The average Bonchev–Trinajstić information content (AvgIpc) is 2.93. The van der Waals surface area contributed by atoms with Crippen molar-refractivity contribution >= 4 is 44.8 Å². The van der Waals surface area contributed by atoms with Gasteiger partial charge in [0.25, 0.3) is 0 Å². The number of fused-ring (bicyclic) bond motifs is 1. The third-order valence-electron chi connectivity index (χ3n) is 5.07. The standard InChI is InChI=1S/C7H4ClN2.3C4H9.Sn/c8-10-7-4-2-1-3-6(7)5-9-10;3*1-3-4-2;/h1-4H;3*1,3-4H2,2H3;. The summed E-state index contributed by atoms with van der Waals surface area (Å²) in [5.41, 5.74) is 1.09. The summed E-state index contributed by atoms with van der Waals surface area (Å²) in [7, 11) is 0. The molecule has 23 heavy (non-hydrogen) atoms. The van der Waals surface area contributed by atoms with Crippen molar-refractivity contribution in [1.82, 2.24) is 9.30 Å². The predicted octanol–water partition coefficient (Wildman–Crippen LogP) is 6.09. The number of rotatable bonds is 10. The molecule has 1 heterocycles. The summed E-state index contributed by atoms with van der Waals surface area (Å²) in [6, 6.07) is 8.55. The second-order valence-corrected chi connectivity index (χ2v) is 20.1. The molecule has 1 aromatic carbocycles. The van der Waals surface area contributed by atoms with Crippen LogP contribution >= 0.6 is 11.8 Å². The van der Waals surface area contributed by atoms with Crippen molar-refractivity contribution in [3.63, 3.8) is 0 Å². The zero-order chi connectivity index (χ0) is 16.7. The third-order valence-corrected chi connectivity index (χ3v) is 20.5. The summed E-state index contributed by atoms with van der Waals surface area (Å²) in [4.78, 5) is 0. The molecule has 4 heteroatoms. The number of aromatic nitrogens is 2. The van der Waals surface area contributed by atoms with E-state index in [1.54, 1.807) is 4.20 Å². The molecule has 0 saturated heterocycles. The van der Waals surface area contributed by atoms with Crippen molar-refractivity contribution in [2.24, 2.45) is 0 Å². The van der Waals surface area contributed by atoms with Crippen molar-refractivity contribution in [2.75, 3.05) is 0 Å². The predicted molar refractivity (Wildman–Crippen MR) is 106 cm³/mol. The van der Waals surface area contributed by atoms with Crippen LogP contribution in [-0.2, 0) is 0 Å². The number of halogens is 1. The minimum absolute atomic E-state index is 1.09. The van der Waals surface area contributed by atoms with Gasteiger partial charge in [0.1, 0.15) is 0 Å². The first-order chi connectivity index (χ1) is 11.2. The van der Waals surface area contributed by atoms with Crippen LogP contribution in [0, 0.1) is 0 Å². The number of para-hydroxylation sites is 1. The second-order valence-electron chi connectivity index (χ2n) is 6.82. The molecule has 0 bridgehead atoms. The van der Waals surface area contributed by atoms with Crippen molar-refractivity contribution in [1.29, 1.82) is 0 Å². The normalized spacial score (nSPS) is 12.2. The maximum absolute atomic E-state index is 6.43. The summed E-state index contributed by atoms with van der Waals surface area (Å²) >= 11 is 3.92. The van der Waals surface area contributed by atoms with Gasteiger partial charge < -0.3 is 0 Å². The molecule has 0 fully saturated rings. The third kappa shape index (κ3) is 4.45. The number of nitrogens with zero attached hydrogens (tertiary/aromatic N) is 2. The monoisotopic (exact) mass is 442 g/mol. The van der Waals surface area contributed by atoms with Gasteiger partial charge in [0.15, 0.2) is 0 Å². The van der Waals surface area contributed by atoms with Gasteiger partial charge in [-0.25, -0.2) is 0 Å². The van der Waals surface area contributed by atoms with Gasteiger partial charge in [0.05, 0.1) is 0 Å². The molecule has 0 spiro atoms. The van der Waals surface area contributed by atoms with E-state index in [9.17, 15) is 0 Å². The minimum atomic E-state index is -2.50. The molecular formula is C19H31ClN2Sn. The summed E-state index contributed by atoms with van der Waals surface area (Å²) < 4.78 is 7.36. The van der Waals surface area contributed by atoms with Crippen molar-refractivity contribution in [2.45, 2.75) is 72.6 Å². The zero-order valence-corrected chi connectivity index (χ0v) is 18.6. The SMILES string of the molecule is CCC[CH2][Sn]([CH2]CCC)([CH2]CCC)[c]1nn(Cl)c2ccccc12. The fraction of sp³-hybridized carbons (Fsp3) is 0.632. The van der Waals surface area contributed by atoms with E-state index in [0.29, 0.717) is 0 Å². The Hall–Kier alpha value is -0.221. The van der Waals surface area contributed by atoms with Crippen LogP contribution in [0.25, 0.3) is 10.9 Å². The van der Waals surface area contributed by atoms with Crippen molar-refractivity contribution in [3.05, 3.63) is 24.3 Å². The van der Waals surface area contributed by atoms with Crippen LogP contribution in [0.15, 0.2) is 24.3 Å². The van der Waals surface area contributed by atoms with Gasteiger partial charge >= 0.3 is 151 Å². The molecule has 128 valence electrons. The molecule has 0 N–H and O–H groups in total. The Morgan fingerprint density at radius 2 is 1.43 bits per heavy atom. The Kier molecular flexibility index (Phi) is 7.74. The van der Waals surface area contributed by atoms with Crippen LogP contribution in [0.5, 0.6) is 0 Å². The number of unbranched alkanes of at least 4 members (excludes halogenated alkanes) is 3. The van der Waals surface area contributed by atoms with E-state index in [-0.39, 0.29) is 0 Å². The number of hydrogen-bond acceptors (Lipinski definition) is 1. The fourth-order valence-corrected chi connectivity index (χ4v) is 20.2. The molecule has 0 amide bonds. The molecule has 0 aliphatic heterocycles. The number of benzene rings is 1. The number of hydrogen-bond donors (Lipinski definition) is 0. The first-order valence-electron chi connectivity index (χ1n) is 9.33. The summed E-state index contributed by atoms with van der Waals surface area (Å²) in [5.74, 6) is 0. The van der Waals surface area contributed by atoms with Gasteiger partial charge in [0, 0.05) is 0 Å². The van der Waals surface area contributed by atoms with Gasteiger partial charge in [-0.15, -0.1) is 0 Å². The van der Waals surface area contributed by atoms with Gasteiger partial charge in [-0.1, -0.05) is 0 Å². The molecule has 0 saturated carbocycles. The van der Waals surface area contributed by atoms with Crippen LogP contribution in [-0.4, -0.2) is 27.7 Å². The quantitative estimate of drug-likeness (QED) is 0.408. The van der Waals surface area contributed by atoms with Gasteiger partial charge in [-0.2, -0.15) is 0 Å². The first kappa shape index (κ1) is 19.1.